The third-order valence-electron chi connectivity index (χ3n) is 2.92. The normalized spacial score (nSPS) is 29.0. The quantitative estimate of drug-likeness (QED) is 0.626. The molecule has 0 bridgehead atoms. The number of nitrogens with one attached hydrogen (secondary N) is 1. The number of nitrogens with zero attached hydrogens (tertiary/aromatic N) is 1. The maximum absolute atomic E-state index is 11.7. The first kappa shape index (κ1) is 8.97. The SMILES string of the molecule is CO[C@@H]1CCN(C(=O)C2CNC2)C1. The van der Waals surface area contributed by atoms with Gasteiger partial charge in [-0.2, -0.15) is 0 Å². The highest BCUT2D eigenvalue weighted by molar-refractivity contribution is 5.80. The number of rotatable bonds is 2. The molecule has 1 amide bonds. The summed E-state index contributed by atoms with van der Waals surface area (Å²) in [5, 5.41) is 3.11. The summed E-state index contributed by atoms with van der Waals surface area (Å²) in [5.74, 6) is 0.536. The second kappa shape index (κ2) is 3.64. The van der Waals surface area contributed by atoms with Crippen LogP contribution in [0, 0.1) is 5.92 Å². The minimum Gasteiger partial charge on any atom is -0.380 e. The molecule has 2 aliphatic heterocycles. The Labute approximate surface area is 78.2 Å². The third-order valence-corrected chi connectivity index (χ3v) is 2.92. The van der Waals surface area contributed by atoms with E-state index in [1.165, 1.54) is 0 Å². The number of amides is 1. The predicted molar refractivity (Wildman–Crippen MR) is 48.4 cm³/mol. The number of carbonyl (C=O) groups excluding carboxylic acids is 1. The highest BCUT2D eigenvalue weighted by atomic mass is 16.5. The number of methoxy groups -OCH3 is 1. The van der Waals surface area contributed by atoms with Crippen LogP contribution in [0.15, 0.2) is 0 Å². The molecular formula is C9H16N2O2. The zero-order chi connectivity index (χ0) is 9.26. The van der Waals surface area contributed by atoms with Crippen molar-refractivity contribution in [3.8, 4) is 0 Å². The molecule has 4 nitrogen and oxygen atoms in total. The Hall–Kier alpha value is -0.610. The molecule has 0 radical (unpaired) electrons. The molecule has 0 aromatic rings. The van der Waals surface area contributed by atoms with E-state index in [0.29, 0.717) is 5.91 Å². The van der Waals surface area contributed by atoms with E-state index in [2.05, 4.69) is 5.32 Å². The molecule has 0 aromatic heterocycles. The van der Waals surface area contributed by atoms with Gasteiger partial charge in [0.25, 0.3) is 0 Å². The molecular weight excluding hydrogens is 168 g/mol. The predicted octanol–water partition coefficient (Wildman–Crippen LogP) is -0.547. The van der Waals surface area contributed by atoms with Crippen LogP contribution in [-0.4, -0.2) is 50.2 Å². The lowest BCUT2D eigenvalue weighted by atomic mass is 10.0. The number of likely N-dealkylation sites (tertiary alicyclic amines) is 1. The molecule has 13 heavy (non-hydrogen) atoms. The van der Waals surface area contributed by atoms with Crippen molar-refractivity contribution in [3.63, 3.8) is 0 Å². The van der Waals surface area contributed by atoms with Crippen molar-refractivity contribution in [2.45, 2.75) is 12.5 Å². The van der Waals surface area contributed by atoms with Crippen LogP contribution < -0.4 is 5.32 Å². The van der Waals surface area contributed by atoms with Gasteiger partial charge in [0.1, 0.15) is 0 Å². The van der Waals surface area contributed by atoms with E-state index < -0.39 is 0 Å². The summed E-state index contributed by atoms with van der Waals surface area (Å²) in [6.45, 7) is 3.36. The summed E-state index contributed by atoms with van der Waals surface area (Å²) in [7, 11) is 1.71. The topological polar surface area (TPSA) is 41.6 Å². The number of carbonyl (C=O) groups is 1. The third kappa shape index (κ3) is 1.69. The van der Waals surface area contributed by atoms with Crippen LogP contribution >= 0.6 is 0 Å². The Morgan fingerprint density at radius 3 is 2.77 bits per heavy atom. The van der Waals surface area contributed by atoms with Crippen LogP contribution in [-0.2, 0) is 9.53 Å². The van der Waals surface area contributed by atoms with E-state index in [0.717, 1.165) is 32.6 Å². The summed E-state index contributed by atoms with van der Waals surface area (Å²) in [6.07, 6.45) is 1.25. The van der Waals surface area contributed by atoms with Gasteiger partial charge in [0.05, 0.1) is 12.0 Å². The molecule has 0 unspecified atom stereocenters. The lowest BCUT2D eigenvalue weighted by molar-refractivity contribution is -0.136. The molecule has 4 heteroatoms. The number of hydrogen-bond donors (Lipinski definition) is 1. The van der Waals surface area contributed by atoms with Crippen molar-refractivity contribution in [3.05, 3.63) is 0 Å². The van der Waals surface area contributed by atoms with Gasteiger partial charge >= 0.3 is 0 Å². The van der Waals surface area contributed by atoms with Crippen molar-refractivity contribution >= 4 is 5.91 Å². The Morgan fingerprint density at radius 1 is 1.54 bits per heavy atom. The first-order valence-corrected chi connectivity index (χ1v) is 4.83. The van der Waals surface area contributed by atoms with Gasteiger partial charge in [0.2, 0.25) is 5.91 Å². The minimum absolute atomic E-state index is 0.232. The van der Waals surface area contributed by atoms with Gasteiger partial charge in [-0.25, -0.2) is 0 Å². The van der Waals surface area contributed by atoms with Crippen molar-refractivity contribution in [1.29, 1.82) is 0 Å². The van der Waals surface area contributed by atoms with Crippen LogP contribution in [0.25, 0.3) is 0 Å². The molecule has 2 fully saturated rings. The standard InChI is InChI=1S/C9H16N2O2/c1-13-8-2-3-11(6-8)9(12)7-4-10-5-7/h7-8,10H,2-6H2,1H3/t8-/m1/s1. The van der Waals surface area contributed by atoms with Gasteiger partial charge in [0.15, 0.2) is 0 Å². The van der Waals surface area contributed by atoms with Crippen molar-refractivity contribution in [2.75, 3.05) is 33.3 Å². The van der Waals surface area contributed by atoms with E-state index in [-0.39, 0.29) is 12.0 Å². The fraction of sp³-hybridized carbons (Fsp3) is 0.889. The van der Waals surface area contributed by atoms with Gasteiger partial charge in [-0.3, -0.25) is 4.79 Å². The minimum atomic E-state index is 0.232. The summed E-state index contributed by atoms with van der Waals surface area (Å²) in [4.78, 5) is 13.6. The Morgan fingerprint density at radius 2 is 2.31 bits per heavy atom. The number of hydrogen-bond acceptors (Lipinski definition) is 3. The second-order valence-electron chi connectivity index (χ2n) is 3.79. The maximum Gasteiger partial charge on any atom is 0.228 e. The molecule has 2 saturated heterocycles. The molecule has 0 aliphatic carbocycles. The van der Waals surface area contributed by atoms with Crippen molar-refractivity contribution < 1.29 is 9.53 Å². The summed E-state index contributed by atoms with van der Waals surface area (Å²) >= 11 is 0. The van der Waals surface area contributed by atoms with Gasteiger partial charge in [-0.05, 0) is 6.42 Å². The monoisotopic (exact) mass is 184 g/mol. The van der Waals surface area contributed by atoms with E-state index in [4.69, 9.17) is 4.74 Å². The maximum atomic E-state index is 11.7. The molecule has 2 rings (SSSR count). The highest BCUT2D eigenvalue weighted by Crippen LogP contribution is 2.16. The highest BCUT2D eigenvalue weighted by Gasteiger charge is 2.33. The molecule has 2 heterocycles. The molecule has 0 aromatic carbocycles. The van der Waals surface area contributed by atoms with Crippen molar-refractivity contribution in [1.82, 2.24) is 10.2 Å². The summed E-state index contributed by atoms with van der Waals surface area (Å²) < 4.78 is 5.21. The van der Waals surface area contributed by atoms with Gasteiger partial charge in [-0.1, -0.05) is 0 Å². The summed E-state index contributed by atoms with van der Waals surface area (Å²) in [6, 6.07) is 0. The fourth-order valence-corrected chi connectivity index (χ4v) is 1.84. The van der Waals surface area contributed by atoms with Gasteiger partial charge in [0, 0.05) is 33.3 Å². The van der Waals surface area contributed by atoms with Crippen LogP contribution in [0.4, 0.5) is 0 Å². The molecule has 74 valence electrons. The zero-order valence-electron chi connectivity index (χ0n) is 7.95. The van der Waals surface area contributed by atoms with E-state index in [1.807, 2.05) is 4.90 Å². The zero-order valence-corrected chi connectivity index (χ0v) is 7.95. The first-order chi connectivity index (χ1) is 6.31. The average molecular weight is 184 g/mol. The molecule has 1 atom stereocenters. The second-order valence-corrected chi connectivity index (χ2v) is 3.79. The summed E-state index contributed by atoms with van der Waals surface area (Å²) in [5.41, 5.74) is 0. The smallest absolute Gasteiger partial charge is 0.228 e. The molecule has 0 saturated carbocycles. The van der Waals surface area contributed by atoms with Gasteiger partial charge in [-0.15, -0.1) is 0 Å². The molecule has 0 spiro atoms. The van der Waals surface area contributed by atoms with Crippen LogP contribution in [0.3, 0.4) is 0 Å². The first-order valence-electron chi connectivity index (χ1n) is 4.83. The van der Waals surface area contributed by atoms with E-state index >= 15 is 0 Å². The fourth-order valence-electron chi connectivity index (χ4n) is 1.84. The Kier molecular flexibility index (Phi) is 2.51. The number of ether oxygens (including phenoxy) is 1. The van der Waals surface area contributed by atoms with Crippen LogP contribution in [0.1, 0.15) is 6.42 Å². The Bertz CT molecular complexity index is 204. The van der Waals surface area contributed by atoms with Crippen molar-refractivity contribution in [2.24, 2.45) is 5.92 Å². The van der Waals surface area contributed by atoms with Gasteiger partial charge < -0.3 is 15.0 Å². The Balaban J connectivity index is 1.84. The largest absolute Gasteiger partial charge is 0.380 e. The molecule has 1 N–H and O–H groups in total. The average Bonchev–Trinajstić information content (AvgIpc) is 2.48. The van der Waals surface area contributed by atoms with Crippen LogP contribution in [0.2, 0.25) is 0 Å². The van der Waals surface area contributed by atoms with E-state index in [1.54, 1.807) is 7.11 Å². The molecule has 2 aliphatic rings. The lowest BCUT2D eigenvalue weighted by Gasteiger charge is -2.30. The van der Waals surface area contributed by atoms with Crippen LogP contribution in [0.5, 0.6) is 0 Å². The van der Waals surface area contributed by atoms with E-state index in [9.17, 15) is 4.79 Å². The lowest BCUT2D eigenvalue weighted by Crippen LogP contribution is -2.51.